The fourth-order valence-corrected chi connectivity index (χ4v) is 2.49. The summed E-state index contributed by atoms with van der Waals surface area (Å²) in [6.45, 7) is 0.662. The second-order valence-electron chi connectivity index (χ2n) is 5.51. The van der Waals surface area contributed by atoms with Crippen LogP contribution in [0.3, 0.4) is 0 Å². The molecule has 2 aromatic heterocycles. The highest BCUT2D eigenvalue weighted by atomic mass is 32.1. The predicted octanol–water partition coefficient (Wildman–Crippen LogP) is 4.03. The first-order valence-corrected chi connectivity index (χ1v) is 8.07. The van der Waals surface area contributed by atoms with Gasteiger partial charge in [0, 0.05) is 6.20 Å². The van der Waals surface area contributed by atoms with Gasteiger partial charge in [-0.3, -0.25) is 4.68 Å². The zero-order chi connectivity index (χ0) is 18.6. The summed E-state index contributed by atoms with van der Waals surface area (Å²) in [5, 5.41) is 10.5. The maximum Gasteiger partial charge on any atom is 0.416 e. The van der Waals surface area contributed by atoms with Gasteiger partial charge >= 0.3 is 6.18 Å². The predicted molar refractivity (Wildman–Crippen MR) is 94.5 cm³/mol. The van der Waals surface area contributed by atoms with Crippen molar-refractivity contribution in [2.75, 3.05) is 5.32 Å². The lowest BCUT2D eigenvalue weighted by atomic mass is 10.1. The maximum atomic E-state index is 12.8. The molecule has 136 valence electrons. The molecule has 26 heavy (non-hydrogen) atoms. The van der Waals surface area contributed by atoms with Crippen molar-refractivity contribution in [2.45, 2.75) is 19.3 Å². The van der Waals surface area contributed by atoms with Crippen LogP contribution in [0.15, 0.2) is 59.5 Å². The van der Waals surface area contributed by atoms with Gasteiger partial charge in [0.05, 0.1) is 36.8 Å². The Labute approximate surface area is 152 Å². The third-order valence-corrected chi connectivity index (χ3v) is 3.74. The number of nitrogens with one attached hydrogen (secondary N) is 2. The molecular weight excluding hydrogens is 365 g/mol. The van der Waals surface area contributed by atoms with E-state index in [1.54, 1.807) is 30.8 Å². The third kappa shape index (κ3) is 4.85. The van der Waals surface area contributed by atoms with Crippen molar-refractivity contribution in [1.82, 2.24) is 15.1 Å². The number of thiocarbonyl (C=S) groups is 1. The first-order chi connectivity index (χ1) is 12.4. The molecule has 5 nitrogen and oxygen atoms in total. The Morgan fingerprint density at radius 3 is 2.81 bits per heavy atom. The minimum Gasteiger partial charge on any atom is -0.467 e. The van der Waals surface area contributed by atoms with Crippen LogP contribution < -0.4 is 10.6 Å². The average molecular weight is 380 g/mol. The lowest BCUT2D eigenvalue weighted by Gasteiger charge is -2.09. The molecule has 2 N–H and O–H groups in total. The highest BCUT2D eigenvalue weighted by Crippen LogP contribution is 2.29. The first-order valence-electron chi connectivity index (χ1n) is 7.66. The van der Waals surface area contributed by atoms with Crippen molar-refractivity contribution in [2.24, 2.45) is 0 Å². The van der Waals surface area contributed by atoms with Crippen LogP contribution in [0.1, 0.15) is 16.9 Å². The average Bonchev–Trinajstić information content (AvgIpc) is 3.24. The standard InChI is InChI=1S/C17H15F3N4OS/c18-17(19,20)13-4-1-3-12(7-13)10-24-11-14(8-22-24)23-16(26)21-9-15-5-2-6-25-15/h1-8,11H,9-10H2,(H2,21,23,26). The van der Waals surface area contributed by atoms with E-state index in [4.69, 9.17) is 16.6 Å². The summed E-state index contributed by atoms with van der Waals surface area (Å²) < 4.78 is 45.0. The minimum atomic E-state index is -4.36. The zero-order valence-corrected chi connectivity index (χ0v) is 14.3. The molecule has 0 aliphatic heterocycles. The van der Waals surface area contributed by atoms with Crippen LogP contribution >= 0.6 is 12.2 Å². The molecule has 0 saturated carbocycles. The smallest absolute Gasteiger partial charge is 0.416 e. The van der Waals surface area contributed by atoms with Crippen molar-refractivity contribution in [1.29, 1.82) is 0 Å². The second-order valence-corrected chi connectivity index (χ2v) is 5.92. The van der Waals surface area contributed by atoms with Gasteiger partial charge in [0.1, 0.15) is 5.76 Å². The van der Waals surface area contributed by atoms with Crippen LogP contribution in [0, 0.1) is 0 Å². The maximum absolute atomic E-state index is 12.8. The molecule has 0 radical (unpaired) electrons. The van der Waals surface area contributed by atoms with E-state index in [-0.39, 0.29) is 6.54 Å². The van der Waals surface area contributed by atoms with E-state index < -0.39 is 11.7 Å². The van der Waals surface area contributed by atoms with Gasteiger partial charge in [-0.2, -0.15) is 18.3 Å². The molecule has 0 saturated heterocycles. The van der Waals surface area contributed by atoms with Gasteiger partial charge in [0.2, 0.25) is 0 Å². The third-order valence-electron chi connectivity index (χ3n) is 3.49. The van der Waals surface area contributed by atoms with Gasteiger partial charge in [-0.25, -0.2) is 0 Å². The van der Waals surface area contributed by atoms with Gasteiger partial charge < -0.3 is 15.1 Å². The molecule has 0 spiro atoms. The number of alkyl halides is 3. The summed E-state index contributed by atoms with van der Waals surface area (Å²) in [6, 6.07) is 8.77. The van der Waals surface area contributed by atoms with E-state index in [1.165, 1.54) is 10.7 Å². The number of anilines is 1. The highest BCUT2D eigenvalue weighted by Gasteiger charge is 2.30. The Balaban J connectivity index is 1.57. The van der Waals surface area contributed by atoms with Crippen LogP contribution in [-0.4, -0.2) is 14.9 Å². The molecule has 0 bridgehead atoms. The van der Waals surface area contributed by atoms with E-state index in [1.807, 2.05) is 6.07 Å². The summed E-state index contributed by atoms with van der Waals surface area (Å²) in [6.07, 6.45) is 0.430. The first kappa shape index (κ1) is 18.0. The van der Waals surface area contributed by atoms with Crippen molar-refractivity contribution >= 4 is 23.0 Å². The number of halogens is 3. The van der Waals surface area contributed by atoms with Gasteiger partial charge in [-0.1, -0.05) is 12.1 Å². The van der Waals surface area contributed by atoms with Crippen LogP contribution in [0.2, 0.25) is 0 Å². The number of furan rings is 1. The van der Waals surface area contributed by atoms with Crippen molar-refractivity contribution in [3.05, 3.63) is 71.9 Å². The van der Waals surface area contributed by atoms with Crippen LogP contribution in [0.4, 0.5) is 18.9 Å². The molecule has 0 amide bonds. The highest BCUT2D eigenvalue weighted by molar-refractivity contribution is 7.80. The number of aromatic nitrogens is 2. The minimum absolute atomic E-state index is 0.220. The Morgan fingerprint density at radius 2 is 2.08 bits per heavy atom. The van der Waals surface area contributed by atoms with Crippen LogP contribution in [-0.2, 0) is 19.3 Å². The zero-order valence-electron chi connectivity index (χ0n) is 13.5. The van der Waals surface area contributed by atoms with E-state index in [0.717, 1.165) is 17.9 Å². The molecule has 0 aliphatic rings. The molecular formula is C17H15F3N4OS. The monoisotopic (exact) mass is 380 g/mol. The Morgan fingerprint density at radius 1 is 1.23 bits per heavy atom. The summed E-state index contributed by atoms with van der Waals surface area (Å²) in [7, 11) is 0. The van der Waals surface area contributed by atoms with Crippen LogP contribution in [0.25, 0.3) is 0 Å². The number of nitrogens with zero attached hydrogens (tertiary/aromatic N) is 2. The number of rotatable bonds is 5. The Kier molecular flexibility index (Phi) is 5.27. The van der Waals surface area contributed by atoms with E-state index in [9.17, 15) is 13.2 Å². The van der Waals surface area contributed by atoms with Crippen LogP contribution in [0.5, 0.6) is 0 Å². The van der Waals surface area contributed by atoms with Gasteiger partial charge in [0.15, 0.2) is 5.11 Å². The van der Waals surface area contributed by atoms with Gasteiger partial charge in [-0.15, -0.1) is 0 Å². The number of hydrogen-bond acceptors (Lipinski definition) is 3. The quantitative estimate of drug-likeness (QED) is 0.655. The van der Waals surface area contributed by atoms with E-state index in [0.29, 0.717) is 22.9 Å². The molecule has 0 atom stereocenters. The second kappa shape index (κ2) is 7.61. The Hall–Kier alpha value is -2.81. The van der Waals surface area contributed by atoms with Crippen molar-refractivity contribution < 1.29 is 17.6 Å². The molecule has 0 unspecified atom stereocenters. The van der Waals surface area contributed by atoms with E-state index in [2.05, 4.69) is 15.7 Å². The van der Waals surface area contributed by atoms with Crippen molar-refractivity contribution in [3.8, 4) is 0 Å². The molecule has 0 fully saturated rings. The molecule has 1 aromatic carbocycles. The molecule has 9 heteroatoms. The summed E-state index contributed by atoms with van der Waals surface area (Å²) in [5.41, 5.74) is 0.464. The topological polar surface area (TPSA) is 55.0 Å². The fraction of sp³-hybridized carbons (Fsp3) is 0.176. The number of benzene rings is 1. The lowest BCUT2D eigenvalue weighted by molar-refractivity contribution is -0.137. The molecule has 0 aliphatic carbocycles. The number of hydrogen-bond donors (Lipinski definition) is 2. The fourth-order valence-electron chi connectivity index (χ4n) is 2.30. The van der Waals surface area contributed by atoms with Gasteiger partial charge in [0.25, 0.3) is 0 Å². The molecule has 2 heterocycles. The Bertz CT molecular complexity index is 874. The lowest BCUT2D eigenvalue weighted by Crippen LogP contribution is -2.27. The summed E-state index contributed by atoms with van der Waals surface area (Å²) in [5.74, 6) is 0.745. The van der Waals surface area contributed by atoms with Crippen molar-refractivity contribution in [3.63, 3.8) is 0 Å². The largest absolute Gasteiger partial charge is 0.467 e. The van der Waals surface area contributed by atoms with Gasteiger partial charge in [-0.05, 0) is 42.0 Å². The summed E-state index contributed by atoms with van der Waals surface area (Å²) in [4.78, 5) is 0. The van der Waals surface area contributed by atoms with E-state index >= 15 is 0 Å². The summed E-state index contributed by atoms with van der Waals surface area (Å²) >= 11 is 5.18. The molecule has 3 aromatic rings. The SMILES string of the molecule is FC(F)(F)c1cccc(Cn2cc(NC(=S)NCc3ccco3)cn2)c1. The normalized spacial score (nSPS) is 11.3. The molecule has 3 rings (SSSR count).